The molecular formula is C7H6Cl2FN3O. The monoisotopic (exact) mass is 237 g/mol. The van der Waals surface area contributed by atoms with Crippen LogP contribution in [0.15, 0.2) is 17.1 Å². The van der Waals surface area contributed by atoms with Gasteiger partial charge in [0.2, 0.25) is 5.96 Å². The van der Waals surface area contributed by atoms with Crippen LogP contribution in [0.1, 0.15) is 0 Å². The SMILES string of the molecule is NC(=Nc1c(Cl)cc(F)cc1Cl)NO. The summed E-state index contributed by atoms with van der Waals surface area (Å²) in [7, 11) is 0. The van der Waals surface area contributed by atoms with Crippen molar-refractivity contribution >= 4 is 34.8 Å². The molecule has 4 nitrogen and oxygen atoms in total. The van der Waals surface area contributed by atoms with Crippen LogP contribution in [-0.2, 0) is 0 Å². The molecule has 0 heterocycles. The Morgan fingerprint density at radius 3 is 2.36 bits per heavy atom. The van der Waals surface area contributed by atoms with Gasteiger partial charge in [-0.25, -0.2) is 14.9 Å². The number of nitrogens with zero attached hydrogens (tertiary/aromatic N) is 1. The Balaban J connectivity index is 3.21. The number of rotatable bonds is 1. The second-order valence-electron chi connectivity index (χ2n) is 2.33. The Labute approximate surface area is 89.1 Å². The molecule has 0 saturated heterocycles. The first-order chi connectivity index (χ1) is 6.54. The Morgan fingerprint density at radius 1 is 1.43 bits per heavy atom. The lowest BCUT2D eigenvalue weighted by molar-refractivity contribution is 0.233. The molecule has 0 aromatic heterocycles. The van der Waals surface area contributed by atoms with Gasteiger partial charge >= 0.3 is 0 Å². The van der Waals surface area contributed by atoms with Crippen LogP contribution in [0.2, 0.25) is 10.0 Å². The van der Waals surface area contributed by atoms with Crippen molar-refractivity contribution in [3.63, 3.8) is 0 Å². The second-order valence-corrected chi connectivity index (χ2v) is 3.14. The van der Waals surface area contributed by atoms with Gasteiger partial charge in [-0.1, -0.05) is 23.2 Å². The summed E-state index contributed by atoms with van der Waals surface area (Å²) in [5.74, 6) is -0.866. The van der Waals surface area contributed by atoms with Crippen LogP contribution in [0.4, 0.5) is 10.1 Å². The molecule has 7 heteroatoms. The summed E-state index contributed by atoms with van der Waals surface area (Å²) in [6.07, 6.45) is 0. The molecule has 0 fully saturated rings. The number of hydrogen-bond donors (Lipinski definition) is 3. The van der Waals surface area contributed by atoms with Crippen LogP contribution in [0.3, 0.4) is 0 Å². The summed E-state index contributed by atoms with van der Waals surface area (Å²) in [5, 5.41) is 8.38. The van der Waals surface area contributed by atoms with Crippen LogP contribution in [-0.4, -0.2) is 11.2 Å². The van der Waals surface area contributed by atoms with Crippen molar-refractivity contribution in [2.24, 2.45) is 10.7 Å². The molecule has 1 rings (SSSR count). The average molecular weight is 238 g/mol. The highest BCUT2D eigenvalue weighted by Crippen LogP contribution is 2.33. The number of guanidine groups is 1. The van der Waals surface area contributed by atoms with Gasteiger partial charge in [-0.15, -0.1) is 0 Å². The Bertz CT molecular complexity index is 360. The minimum absolute atomic E-state index is 0.00759. The fourth-order valence-corrected chi connectivity index (χ4v) is 1.33. The quantitative estimate of drug-likeness (QED) is 0.398. The maximum Gasteiger partial charge on any atom is 0.218 e. The first kappa shape index (κ1) is 11.0. The third kappa shape index (κ3) is 2.47. The molecule has 0 aliphatic heterocycles. The number of nitrogens with two attached hydrogens (primary N) is 1. The van der Waals surface area contributed by atoms with Crippen LogP contribution >= 0.6 is 23.2 Å². The average Bonchev–Trinajstić information content (AvgIpc) is 2.10. The molecule has 0 bridgehead atoms. The zero-order chi connectivity index (χ0) is 10.7. The van der Waals surface area contributed by atoms with E-state index in [9.17, 15) is 4.39 Å². The van der Waals surface area contributed by atoms with Crippen LogP contribution < -0.4 is 11.2 Å². The molecule has 0 atom stereocenters. The number of aliphatic imine (C=N–C) groups is 1. The molecule has 1 aromatic carbocycles. The highest BCUT2D eigenvalue weighted by molar-refractivity contribution is 6.38. The van der Waals surface area contributed by atoms with Crippen molar-refractivity contribution in [1.29, 1.82) is 0 Å². The molecule has 4 N–H and O–H groups in total. The predicted octanol–water partition coefficient (Wildman–Crippen LogP) is 2.06. The minimum Gasteiger partial charge on any atom is -0.368 e. The van der Waals surface area contributed by atoms with E-state index in [0.717, 1.165) is 12.1 Å². The molecule has 0 aliphatic carbocycles. The molecule has 76 valence electrons. The number of hydrogen-bond acceptors (Lipinski definition) is 2. The molecule has 1 aromatic rings. The Kier molecular flexibility index (Phi) is 3.51. The van der Waals surface area contributed by atoms with Gasteiger partial charge in [0.1, 0.15) is 11.5 Å². The fraction of sp³-hybridized carbons (Fsp3) is 0. The highest BCUT2D eigenvalue weighted by atomic mass is 35.5. The topological polar surface area (TPSA) is 70.6 Å². The van der Waals surface area contributed by atoms with Crippen molar-refractivity contribution in [2.45, 2.75) is 0 Å². The van der Waals surface area contributed by atoms with Crippen molar-refractivity contribution < 1.29 is 9.60 Å². The second kappa shape index (κ2) is 4.45. The zero-order valence-corrected chi connectivity index (χ0v) is 8.27. The summed E-state index contributed by atoms with van der Waals surface area (Å²) in [4.78, 5) is 3.62. The standard InChI is InChI=1S/C7H6Cl2FN3O/c8-4-1-3(10)2-5(9)6(4)12-7(11)13-14/h1-2,14H,(H3,11,12,13). The van der Waals surface area contributed by atoms with Crippen LogP contribution in [0.5, 0.6) is 0 Å². The summed E-state index contributed by atoms with van der Waals surface area (Å²) in [6, 6.07) is 2.08. The zero-order valence-electron chi connectivity index (χ0n) is 6.76. The van der Waals surface area contributed by atoms with Gasteiger partial charge in [0.25, 0.3) is 0 Å². The van der Waals surface area contributed by atoms with Gasteiger partial charge in [-0.2, -0.15) is 0 Å². The molecule has 0 radical (unpaired) electrons. The number of halogens is 3. The lowest BCUT2D eigenvalue weighted by atomic mass is 10.3. The van der Waals surface area contributed by atoms with Crippen LogP contribution in [0, 0.1) is 5.82 Å². The number of hydroxylamine groups is 1. The first-order valence-corrected chi connectivity index (χ1v) is 4.19. The Morgan fingerprint density at radius 2 is 1.93 bits per heavy atom. The van der Waals surface area contributed by atoms with Gasteiger partial charge in [0.05, 0.1) is 10.0 Å². The van der Waals surface area contributed by atoms with Crippen molar-refractivity contribution in [2.75, 3.05) is 0 Å². The van der Waals surface area contributed by atoms with E-state index in [1.807, 2.05) is 0 Å². The van der Waals surface area contributed by atoms with E-state index in [1.54, 1.807) is 5.48 Å². The van der Waals surface area contributed by atoms with Gasteiger partial charge < -0.3 is 5.73 Å². The van der Waals surface area contributed by atoms with Crippen molar-refractivity contribution in [3.05, 3.63) is 28.0 Å². The predicted molar refractivity (Wildman–Crippen MR) is 52.6 cm³/mol. The van der Waals surface area contributed by atoms with E-state index < -0.39 is 5.82 Å². The van der Waals surface area contributed by atoms with Crippen molar-refractivity contribution in [3.8, 4) is 0 Å². The van der Waals surface area contributed by atoms with E-state index in [1.165, 1.54) is 0 Å². The van der Waals surface area contributed by atoms with E-state index in [2.05, 4.69) is 4.99 Å². The maximum atomic E-state index is 12.7. The molecule has 0 aliphatic rings. The van der Waals surface area contributed by atoms with Crippen molar-refractivity contribution in [1.82, 2.24) is 5.48 Å². The Hall–Kier alpha value is -1.04. The first-order valence-electron chi connectivity index (χ1n) is 3.43. The molecular weight excluding hydrogens is 232 g/mol. The highest BCUT2D eigenvalue weighted by Gasteiger charge is 2.07. The summed E-state index contributed by atoms with van der Waals surface area (Å²) in [5.41, 5.74) is 6.85. The van der Waals surface area contributed by atoms with Gasteiger partial charge in [-0.3, -0.25) is 5.21 Å². The van der Waals surface area contributed by atoms with E-state index in [-0.39, 0.29) is 21.7 Å². The minimum atomic E-state index is -0.575. The third-order valence-electron chi connectivity index (χ3n) is 1.33. The largest absolute Gasteiger partial charge is 0.368 e. The van der Waals surface area contributed by atoms with E-state index >= 15 is 0 Å². The maximum absolute atomic E-state index is 12.7. The van der Waals surface area contributed by atoms with Gasteiger partial charge in [-0.05, 0) is 12.1 Å². The molecule has 0 saturated carbocycles. The third-order valence-corrected chi connectivity index (χ3v) is 1.90. The molecule has 0 amide bonds. The molecule has 0 unspecified atom stereocenters. The lowest BCUT2D eigenvalue weighted by Crippen LogP contribution is -2.27. The van der Waals surface area contributed by atoms with Crippen LogP contribution in [0.25, 0.3) is 0 Å². The normalized spacial score (nSPS) is 11.6. The fourth-order valence-electron chi connectivity index (χ4n) is 0.787. The number of benzene rings is 1. The van der Waals surface area contributed by atoms with E-state index in [0.29, 0.717) is 0 Å². The van der Waals surface area contributed by atoms with Gasteiger partial charge in [0, 0.05) is 0 Å². The smallest absolute Gasteiger partial charge is 0.218 e. The summed E-state index contributed by atoms with van der Waals surface area (Å²) < 4.78 is 12.7. The number of nitrogens with one attached hydrogen (secondary N) is 1. The summed E-state index contributed by atoms with van der Waals surface area (Å²) in [6.45, 7) is 0. The van der Waals surface area contributed by atoms with E-state index in [4.69, 9.17) is 34.1 Å². The lowest BCUT2D eigenvalue weighted by Gasteiger charge is -2.03. The summed E-state index contributed by atoms with van der Waals surface area (Å²) >= 11 is 11.3. The molecule has 0 spiro atoms. The van der Waals surface area contributed by atoms with Gasteiger partial charge in [0.15, 0.2) is 0 Å². The molecule has 14 heavy (non-hydrogen) atoms.